The van der Waals surface area contributed by atoms with E-state index in [-0.39, 0.29) is 16.9 Å². The van der Waals surface area contributed by atoms with Crippen molar-refractivity contribution < 1.29 is 23.4 Å². The summed E-state index contributed by atoms with van der Waals surface area (Å²) in [5.41, 5.74) is 1.08. The fraction of sp³-hybridized carbons (Fsp3) is 0.0769. The molecule has 0 radical (unpaired) electrons. The van der Waals surface area contributed by atoms with Gasteiger partial charge in [0.1, 0.15) is 5.58 Å². The summed E-state index contributed by atoms with van der Waals surface area (Å²) in [7, 11) is 3.01. The van der Waals surface area contributed by atoms with Crippen LogP contribution in [0.3, 0.4) is 0 Å². The van der Waals surface area contributed by atoms with Crippen molar-refractivity contribution in [2.24, 2.45) is 0 Å². The molecule has 0 saturated heterocycles. The topological polar surface area (TPSA) is 75.0 Å². The normalized spacial score (nSPS) is 11.1. The van der Waals surface area contributed by atoms with E-state index in [1.54, 1.807) is 66.7 Å². The first-order chi connectivity index (χ1) is 16.4. The molecule has 172 valence electrons. The van der Waals surface area contributed by atoms with Crippen LogP contribution in [0, 0.1) is 0 Å². The Labute approximate surface area is 208 Å². The second kappa shape index (κ2) is 10.2. The molecule has 0 spiro atoms. The maximum Gasteiger partial charge on any atom is 0.336 e. The van der Waals surface area contributed by atoms with Crippen LogP contribution in [0.2, 0.25) is 5.02 Å². The van der Waals surface area contributed by atoms with Crippen molar-refractivity contribution in [2.45, 2.75) is 0 Å². The molecule has 6 nitrogen and oxygen atoms in total. The first kappa shape index (κ1) is 23.6. The smallest absolute Gasteiger partial charge is 0.336 e. The Balaban J connectivity index is 1.81. The van der Waals surface area contributed by atoms with E-state index in [9.17, 15) is 9.59 Å². The quantitative estimate of drug-likeness (QED) is 0.205. The second-order valence-electron chi connectivity index (χ2n) is 7.09. The molecule has 0 amide bonds. The third kappa shape index (κ3) is 4.85. The van der Waals surface area contributed by atoms with Crippen molar-refractivity contribution in [3.8, 4) is 28.6 Å². The fourth-order valence-corrected chi connectivity index (χ4v) is 4.06. The van der Waals surface area contributed by atoms with Gasteiger partial charge >= 0.3 is 5.97 Å². The van der Waals surface area contributed by atoms with Crippen molar-refractivity contribution >= 4 is 50.5 Å². The monoisotopic (exact) mass is 540 g/mol. The van der Waals surface area contributed by atoms with E-state index in [4.69, 9.17) is 30.2 Å². The molecule has 8 heteroatoms. The molecule has 0 aliphatic heterocycles. The van der Waals surface area contributed by atoms with Gasteiger partial charge in [0, 0.05) is 16.7 Å². The van der Waals surface area contributed by atoms with Crippen LogP contribution in [0.15, 0.2) is 80.4 Å². The van der Waals surface area contributed by atoms with Crippen LogP contribution in [0.4, 0.5) is 0 Å². The number of hydrogen-bond donors (Lipinski definition) is 0. The van der Waals surface area contributed by atoms with Crippen LogP contribution < -0.4 is 19.6 Å². The van der Waals surface area contributed by atoms with Gasteiger partial charge in [-0.3, -0.25) is 4.79 Å². The lowest BCUT2D eigenvalue weighted by Gasteiger charge is -2.14. The third-order valence-corrected chi connectivity index (χ3v) is 5.78. The van der Waals surface area contributed by atoms with Gasteiger partial charge in [-0.05, 0) is 64.0 Å². The van der Waals surface area contributed by atoms with Gasteiger partial charge in [0.15, 0.2) is 17.3 Å². The summed E-state index contributed by atoms with van der Waals surface area (Å²) in [5.74, 6) is -0.0121. The molecule has 1 aromatic heterocycles. The summed E-state index contributed by atoms with van der Waals surface area (Å²) >= 11 is 9.34. The average Bonchev–Trinajstić information content (AvgIpc) is 2.84. The van der Waals surface area contributed by atoms with Gasteiger partial charge in [-0.15, -0.1) is 0 Å². The molecule has 1 heterocycles. The highest BCUT2D eigenvalue weighted by Gasteiger charge is 2.22. The van der Waals surface area contributed by atoms with Crippen molar-refractivity contribution in [3.63, 3.8) is 0 Å². The Morgan fingerprint density at radius 1 is 1.00 bits per heavy atom. The summed E-state index contributed by atoms with van der Waals surface area (Å²) in [5, 5.41) is 0.870. The summed E-state index contributed by atoms with van der Waals surface area (Å²) in [6.07, 6.45) is 2.79. The summed E-state index contributed by atoms with van der Waals surface area (Å²) in [6, 6.07) is 17.0. The lowest BCUT2D eigenvalue weighted by atomic mass is 10.1. The SMILES string of the molecule is COc1cc(-c2oc3ccccc3c(=O)c2OC(=O)C=Cc2ccc(Cl)cc2)cc(Br)c1OC. The number of para-hydroxylation sites is 1. The molecular formula is C26H18BrClO6. The number of benzene rings is 3. The molecule has 34 heavy (non-hydrogen) atoms. The standard InChI is InChI=1S/C26H18BrClO6/c1-31-21-14-16(13-19(27)25(21)32-2)24-26(23(30)18-5-3-4-6-20(18)33-24)34-22(29)12-9-15-7-10-17(28)11-8-15/h3-14H,1-2H3. The van der Waals surface area contributed by atoms with Crippen LogP contribution in [0.5, 0.6) is 17.2 Å². The summed E-state index contributed by atoms with van der Waals surface area (Å²) in [4.78, 5) is 25.9. The van der Waals surface area contributed by atoms with Crippen LogP contribution in [0.25, 0.3) is 28.4 Å². The van der Waals surface area contributed by atoms with Crippen LogP contribution in [0.1, 0.15) is 5.56 Å². The highest BCUT2D eigenvalue weighted by atomic mass is 79.9. The molecule has 0 atom stereocenters. The number of methoxy groups -OCH3 is 2. The maximum atomic E-state index is 13.3. The van der Waals surface area contributed by atoms with Gasteiger partial charge in [-0.2, -0.15) is 0 Å². The minimum absolute atomic E-state index is 0.0820. The van der Waals surface area contributed by atoms with Gasteiger partial charge in [0.2, 0.25) is 11.2 Å². The number of hydrogen-bond acceptors (Lipinski definition) is 6. The number of carbonyl (C=O) groups excluding carboxylic acids is 1. The van der Waals surface area contributed by atoms with E-state index in [1.165, 1.54) is 20.3 Å². The summed E-state index contributed by atoms with van der Waals surface area (Å²) in [6.45, 7) is 0. The zero-order valence-electron chi connectivity index (χ0n) is 18.1. The Hall–Kier alpha value is -3.55. The molecule has 0 unspecified atom stereocenters. The predicted octanol–water partition coefficient (Wildman–Crippen LogP) is 6.51. The van der Waals surface area contributed by atoms with E-state index >= 15 is 0 Å². The number of fused-ring (bicyclic) bond motifs is 1. The largest absolute Gasteiger partial charge is 0.493 e. The molecule has 0 aliphatic rings. The molecule has 0 aliphatic carbocycles. The third-order valence-electron chi connectivity index (χ3n) is 4.94. The fourth-order valence-electron chi connectivity index (χ4n) is 3.33. The van der Waals surface area contributed by atoms with Gasteiger partial charge < -0.3 is 18.6 Å². The molecule has 0 bridgehead atoms. The molecule has 0 fully saturated rings. The van der Waals surface area contributed by atoms with Gasteiger partial charge in [-0.25, -0.2) is 4.79 Å². The minimum Gasteiger partial charge on any atom is -0.493 e. The van der Waals surface area contributed by atoms with Crippen molar-refractivity contribution in [3.05, 3.63) is 92.0 Å². The predicted molar refractivity (Wildman–Crippen MR) is 135 cm³/mol. The molecule has 4 rings (SSSR count). The first-order valence-electron chi connectivity index (χ1n) is 10.0. The zero-order chi connectivity index (χ0) is 24.2. The first-order valence-corrected chi connectivity index (χ1v) is 11.2. The van der Waals surface area contributed by atoms with Crippen LogP contribution in [-0.4, -0.2) is 20.2 Å². The summed E-state index contributed by atoms with van der Waals surface area (Å²) < 4.78 is 22.9. The van der Waals surface area contributed by atoms with Crippen LogP contribution >= 0.6 is 27.5 Å². The Morgan fingerprint density at radius 3 is 2.44 bits per heavy atom. The van der Waals surface area contributed by atoms with E-state index in [1.807, 2.05) is 0 Å². The lowest BCUT2D eigenvalue weighted by Crippen LogP contribution is -2.14. The van der Waals surface area contributed by atoms with Gasteiger partial charge in [-0.1, -0.05) is 35.9 Å². The van der Waals surface area contributed by atoms with E-state index < -0.39 is 11.4 Å². The highest BCUT2D eigenvalue weighted by Crippen LogP contribution is 2.41. The Kier molecular flexibility index (Phi) is 7.05. The lowest BCUT2D eigenvalue weighted by molar-refractivity contribution is -0.129. The average molecular weight is 542 g/mol. The number of esters is 1. The second-order valence-corrected chi connectivity index (χ2v) is 8.38. The van der Waals surface area contributed by atoms with Gasteiger partial charge in [0.05, 0.1) is 24.1 Å². The van der Waals surface area contributed by atoms with Crippen molar-refractivity contribution in [2.75, 3.05) is 14.2 Å². The zero-order valence-corrected chi connectivity index (χ0v) is 20.5. The van der Waals surface area contributed by atoms with E-state index in [0.717, 1.165) is 5.56 Å². The minimum atomic E-state index is -0.738. The van der Waals surface area contributed by atoms with Crippen LogP contribution in [-0.2, 0) is 4.79 Å². The van der Waals surface area contributed by atoms with E-state index in [2.05, 4.69) is 15.9 Å². The number of carbonyl (C=O) groups is 1. The maximum absolute atomic E-state index is 13.3. The Morgan fingerprint density at radius 2 is 1.74 bits per heavy atom. The number of ether oxygens (including phenoxy) is 3. The Bertz CT molecular complexity index is 1460. The van der Waals surface area contributed by atoms with Crippen molar-refractivity contribution in [1.29, 1.82) is 0 Å². The molecular weight excluding hydrogens is 524 g/mol. The van der Waals surface area contributed by atoms with Gasteiger partial charge in [0.25, 0.3) is 0 Å². The number of halogens is 2. The molecule has 0 saturated carbocycles. The number of rotatable bonds is 6. The molecule has 3 aromatic carbocycles. The molecule has 0 N–H and O–H groups in total. The van der Waals surface area contributed by atoms with Crippen molar-refractivity contribution in [1.82, 2.24) is 0 Å². The van der Waals surface area contributed by atoms with E-state index in [0.29, 0.717) is 32.1 Å². The highest BCUT2D eigenvalue weighted by molar-refractivity contribution is 9.10. The molecule has 4 aromatic rings.